The molecule has 1 unspecified atom stereocenters. The molecule has 1 aliphatic rings. The van der Waals surface area contributed by atoms with E-state index < -0.39 is 51.5 Å². The van der Waals surface area contributed by atoms with Crippen molar-refractivity contribution in [3.05, 3.63) is 51.1 Å². The van der Waals surface area contributed by atoms with E-state index in [2.05, 4.69) is 5.32 Å². The fourth-order valence-electron chi connectivity index (χ4n) is 3.35. The first-order chi connectivity index (χ1) is 15.2. The van der Waals surface area contributed by atoms with Gasteiger partial charge in [0.1, 0.15) is 0 Å². The van der Waals surface area contributed by atoms with Crippen molar-refractivity contribution >= 4 is 29.6 Å². The Bertz CT molecular complexity index is 966. The molecule has 0 aliphatic carbocycles. The zero-order valence-corrected chi connectivity index (χ0v) is 17.8. The molecule has 0 spiro atoms. The van der Waals surface area contributed by atoms with Crippen LogP contribution >= 0.6 is 0 Å². The van der Waals surface area contributed by atoms with Crippen molar-refractivity contribution < 1.29 is 43.0 Å². The van der Waals surface area contributed by atoms with Gasteiger partial charge in [0.05, 0.1) is 49.5 Å². The molecular formula is C20H22N2O10. The minimum Gasteiger partial charge on any atom is -0.466 e. The summed E-state index contributed by atoms with van der Waals surface area (Å²) in [6.45, 7) is 2.63. The van der Waals surface area contributed by atoms with Gasteiger partial charge < -0.3 is 18.9 Å². The number of ether oxygens (including phenoxy) is 4. The van der Waals surface area contributed by atoms with Crippen molar-refractivity contribution in [1.82, 2.24) is 5.32 Å². The summed E-state index contributed by atoms with van der Waals surface area (Å²) in [4.78, 5) is 62.1. The first-order valence-electron chi connectivity index (χ1n) is 9.47. The summed E-state index contributed by atoms with van der Waals surface area (Å²) in [6.07, 6.45) is 0. The van der Waals surface area contributed by atoms with Crippen LogP contribution < -0.4 is 5.32 Å². The first kappa shape index (κ1) is 24.5. The maximum atomic E-state index is 13.0. The molecule has 0 saturated heterocycles. The van der Waals surface area contributed by atoms with Gasteiger partial charge >= 0.3 is 23.9 Å². The summed E-state index contributed by atoms with van der Waals surface area (Å²) in [6, 6.07) is 3.75. The maximum Gasteiger partial charge on any atom is 0.343 e. The Kier molecular flexibility index (Phi) is 7.65. The highest BCUT2D eigenvalue weighted by Crippen LogP contribution is 2.42. The van der Waals surface area contributed by atoms with Gasteiger partial charge in [-0.3, -0.25) is 15.4 Å². The Labute approximate surface area is 182 Å². The lowest BCUT2D eigenvalue weighted by Gasteiger charge is -2.28. The van der Waals surface area contributed by atoms with Crippen LogP contribution in [0.15, 0.2) is 35.4 Å². The van der Waals surface area contributed by atoms with E-state index in [1.165, 1.54) is 32.0 Å². The Morgan fingerprint density at radius 3 is 2.06 bits per heavy atom. The quantitative estimate of drug-likeness (QED) is 0.196. The molecule has 1 aromatic carbocycles. The molecule has 2 rings (SSSR count). The molecule has 12 nitrogen and oxygen atoms in total. The van der Waals surface area contributed by atoms with Crippen LogP contribution in [0.3, 0.4) is 0 Å². The molecular weight excluding hydrogens is 428 g/mol. The van der Waals surface area contributed by atoms with Gasteiger partial charge in [-0.05, 0) is 19.4 Å². The third kappa shape index (κ3) is 4.17. The fourth-order valence-corrected chi connectivity index (χ4v) is 3.35. The predicted octanol–water partition coefficient (Wildman–Crippen LogP) is 0.747. The smallest absolute Gasteiger partial charge is 0.343 e. The van der Waals surface area contributed by atoms with Crippen molar-refractivity contribution in [3.8, 4) is 0 Å². The van der Waals surface area contributed by atoms with Crippen molar-refractivity contribution in [2.45, 2.75) is 25.4 Å². The zero-order valence-electron chi connectivity index (χ0n) is 17.8. The average molecular weight is 450 g/mol. The second-order valence-corrected chi connectivity index (χ2v) is 6.39. The number of hydrogen-bond donors (Lipinski definition) is 1. The summed E-state index contributed by atoms with van der Waals surface area (Å²) in [5.74, 6) is -4.68. The highest BCUT2D eigenvalue weighted by atomic mass is 16.6. The standard InChI is InChI=1S/C20H22N2O10/c1-5-31-18(25)20(19(26)32-6-2)14(17(24)30-4)13(16(23)29-3)15(21-20)11-8-7-9-12(10-11)22(27)28/h7-10,15,21H,5-6H2,1-4H3. The second-order valence-electron chi connectivity index (χ2n) is 6.39. The molecule has 0 fully saturated rings. The van der Waals surface area contributed by atoms with E-state index in [1.54, 1.807) is 0 Å². The van der Waals surface area contributed by atoms with Crippen LogP contribution in [0.25, 0.3) is 0 Å². The fraction of sp³-hybridized carbons (Fsp3) is 0.400. The van der Waals surface area contributed by atoms with Gasteiger partial charge in [0, 0.05) is 12.1 Å². The maximum absolute atomic E-state index is 13.0. The van der Waals surface area contributed by atoms with E-state index in [0.29, 0.717) is 0 Å². The average Bonchev–Trinajstić information content (AvgIpc) is 3.16. The molecule has 0 bridgehead atoms. The molecule has 1 N–H and O–H groups in total. The number of nitrogens with zero attached hydrogens (tertiary/aromatic N) is 1. The number of carbonyl (C=O) groups is 4. The normalized spacial score (nSPS) is 16.8. The lowest BCUT2D eigenvalue weighted by atomic mass is 9.88. The Morgan fingerprint density at radius 2 is 1.59 bits per heavy atom. The van der Waals surface area contributed by atoms with Gasteiger partial charge in [-0.25, -0.2) is 19.2 Å². The van der Waals surface area contributed by atoms with Crippen molar-refractivity contribution in [2.75, 3.05) is 27.4 Å². The van der Waals surface area contributed by atoms with E-state index in [1.807, 2.05) is 0 Å². The number of nitro benzene ring substituents is 1. The molecule has 172 valence electrons. The van der Waals surface area contributed by atoms with Crippen LogP contribution in [0, 0.1) is 10.1 Å². The summed E-state index contributed by atoms with van der Waals surface area (Å²) in [5.41, 5.74) is -3.91. The van der Waals surface area contributed by atoms with Gasteiger partial charge in [-0.1, -0.05) is 12.1 Å². The van der Waals surface area contributed by atoms with Gasteiger partial charge in [-0.2, -0.15) is 0 Å². The monoisotopic (exact) mass is 450 g/mol. The number of rotatable bonds is 8. The number of non-ortho nitro benzene ring substituents is 1. The summed E-state index contributed by atoms with van der Waals surface area (Å²) in [5, 5.41) is 13.9. The topological polar surface area (TPSA) is 160 Å². The number of methoxy groups -OCH3 is 2. The molecule has 1 aromatic rings. The lowest BCUT2D eigenvalue weighted by Crippen LogP contribution is -2.60. The third-order valence-corrected chi connectivity index (χ3v) is 4.67. The number of nitrogens with one attached hydrogen (secondary N) is 1. The lowest BCUT2D eigenvalue weighted by molar-refractivity contribution is -0.384. The van der Waals surface area contributed by atoms with Crippen LogP contribution in [-0.4, -0.2) is 61.8 Å². The highest BCUT2D eigenvalue weighted by molar-refractivity contribution is 6.20. The molecule has 32 heavy (non-hydrogen) atoms. The number of benzene rings is 1. The van der Waals surface area contributed by atoms with E-state index >= 15 is 0 Å². The zero-order chi connectivity index (χ0) is 24.1. The molecule has 1 aliphatic heterocycles. The summed E-state index contributed by atoms with van der Waals surface area (Å²) < 4.78 is 19.6. The number of esters is 4. The number of hydrogen-bond acceptors (Lipinski definition) is 11. The molecule has 1 atom stereocenters. The summed E-state index contributed by atoms with van der Waals surface area (Å²) in [7, 11) is 2.02. The Morgan fingerprint density at radius 1 is 1.03 bits per heavy atom. The van der Waals surface area contributed by atoms with E-state index in [0.717, 1.165) is 20.3 Å². The van der Waals surface area contributed by atoms with Crippen LogP contribution in [0.2, 0.25) is 0 Å². The largest absolute Gasteiger partial charge is 0.466 e. The first-order valence-corrected chi connectivity index (χ1v) is 9.47. The molecule has 0 aromatic heterocycles. The van der Waals surface area contributed by atoms with Crippen molar-refractivity contribution in [3.63, 3.8) is 0 Å². The Hall–Kier alpha value is -3.80. The van der Waals surface area contributed by atoms with Crippen LogP contribution in [0.5, 0.6) is 0 Å². The van der Waals surface area contributed by atoms with Gasteiger partial charge in [0.2, 0.25) is 5.54 Å². The molecule has 1 heterocycles. The predicted molar refractivity (Wildman–Crippen MR) is 106 cm³/mol. The van der Waals surface area contributed by atoms with Crippen LogP contribution in [0.1, 0.15) is 25.5 Å². The Balaban J connectivity index is 2.90. The van der Waals surface area contributed by atoms with E-state index in [-0.39, 0.29) is 24.5 Å². The van der Waals surface area contributed by atoms with Crippen LogP contribution in [-0.2, 0) is 38.1 Å². The van der Waals surface area contributed by atoms with Gasteiger partial charge in [-0.15, -0.1) is 0 Å². The minimum atomic E-state index is -2.57. The molecule has 0 radical (unpaired) electrons. The molecule has 12 heteroatoms. The highest BCUT2D eigenvalue weighted by Gasteiger charge is 2.63. The van der Waals surface area contributed by atoms with Crippen molar-refractivity contribution in [1.29, 1.82) is 0 Å². The number of nitro groups is 1. The van der Waals surface area contributed by atoms with Crippen molar-refractivity contribution in [2.24, 2.45) is 0 Å². The second kappa shape index (κ2) is 10.0. The van der Waals surface area contributed by atoms with E-state index in [9.17, 15) is 29.3 Å². The van der Waals surface area contributed by atoms with Crippen LogP contribution in [0.4, 0.5) is 5.69 Å². The third-order valence-electron chi connectivity index (χ3n) is 4.67. The summed E-state index contributed by atoms with van der Waals surface area (Å²) >= 11 is 0. The minimum absolute atomic E-state index is 0.108. The van der Waals surface area contributed by atoms with Gasteiger partial charge in [0.15, 0.2) is 0 Å². The molecule has 0 amide bonds. The van der Waals surface area contributed by atoms with Gasteiger partial charge in [0.25, 0.3) is 5.69 Å². The van der Waals surface area contributed by atoms with E-state index in [4.69, 9.17) is 18.9 Å². The molecule has 0 saturated carbocycles. The SMILES string of the molecule is CCOC(=O)C1(C(=O)OCC)NC(c2cccc([N+](=O)[O-])c2)C(C(=O)OC)=C1C(=O)OC. The number of carbonyl (C=O) groups excluding carboxylic acids is 4.